The van der Waals surface area contributed by atoms with Crippen molar-refractivity contribution in [2.75, 3.05) is 4.90 Å². The maximum atomic E-state index is 12.4. The minimum absolute atomic E-state index is 0.0358. The van der Waals surface area contributed by atoms with Crippen LogP contribution in [-0.4, -0.2) is 15.4 Å². The highest BCUT2D eigenvalue weighted by molar-refractivity contribution is 5.49. The molecule has 0 aliphatic rings. The number of hydrogen-bond donors (Lipinski definition) is 0. The lowest BCUT2D eigenvalue weighted by atomic mass is 10.2. The molecule has 0 unspecified atom stereocenters. The average molecular weight is 321 g/mol. The molecule has 0 saturated heterocycles. The Hall–Kier alpha value is -2.62. The van der Waals surface area contributed by atoms with Crippen molar-refractivity contribution >= 4 is 11.3 Å². The van der Waals surface area contributed by atoms with Crippen LogP contribution >= 0.6 is 0 Å². The molecule has 0 aliphatic carbocycles. The van der Waals surface area contributed by atoms with Gasteiger partial charge < -0.3 is 4.90 Å². The number of aromatic nitrogens is 2. The first-order valence-corrected chi connectivity index (χ1v) is 8.26. The van der Waals surface area contributed by atoms with E-state index < -0.39 is 0 Å². The fraction of sp³-hybridized carbons (Fsp3) is 0.300. The topological polar surface area (TPSA) is 37.6 Å². The molecule has 4 nitrogen and oxygen atoms in total. The minimum atomic E-state index is -0.0358. The Morgan fingerprint density at radius 1 is 1.04 bits per heavy atom. The highest BCUT2D eigenvalue weighted by Crippen LogP contribution is 2.20. The third-order valence-corrected chi connectivity index (χ3v) is 4.18. The van der Waals surface area contributed by atoms with Crippen molar-refractivity contribution in [1.29, 1.82) is 0 Å². The Balaban J connectivity index is 1.98. The Morgan fingerprint density at radius 3 is 2.38 bits per heavy atom. The Bertz CT molecular complexity index is 910. The average Bonchev–Trinajstić information content (AvgIpc) is 2.54. The van der Waals surface area contributed by atoms with Crippen LogP contribution in [-0.2, 0) is 6.54 Å². The summed E-state index contributed by atoms with van der Waals surface area (Å²) in [6.07, 6.45) is 1.83. The molecule has 0 aliphatic heterocycles. The Kier molecular flexibility index (Phi) is 4.38. The number of anilines is 1. The number of aryl methyl sites for hydroxylation is 2. The largest absolute Gasteiger partial charge is 0.363 e. The molecule has 3 rings (SSSR count). The summed E-state index contributed by atoms with van der Waals surface area (Å²) in [6.45, 7) is 8.96. The molecule has 0 amide bonds. The summed E-state index contributed by atoms with van der Waals surface area (Å²) in [5, 5.41) is 0. The molecule has 0 atom stereocenters. The van der Waals surface area contributed by atoms with Gasteiger partial charge in [0.15, 0.2) is 0 Å². The van der Waals surface area contributed by atoms with E-state index in [2.05, 4.69) is 54.9 Å². The summed E-state index contributed by atoms with van der Waals surface area (Å²) in [7, 11) is 0. The van der Waals surface area contributed by atoms with Gasteiger partial charge in [-0.05, 0) is 51.5 Å². The molecular weight excluding hydrogens is 298 g/mol. The molecule has 0 N–H and O–H groups in total. The molecule has 0 radical (unpaired) electrons. The van der Waals surface area contributed by atoms with E-state index >= 15 is 0 Å². The predicted octanol–water partition coefficient (Wildman–Crippen LogP) is 3.73. The second kappa shape index (κ2) is 6.48. The summed E-state index contributed by atoms with van der Waals surface area (Å²) >= 11 is 0. The molecule has 2 heterocycles. The minimum Gasteiger partial charge on any atom is -0.363 e. The van der Waals surface area contributed by atoms with Crippen molar-refractivity contribution in [2.24, 2.45) is 0 Å². The van der Waals surface area contributed by atoms with E-state index in [0.717, 1.165) is 16.9 Å². The van der Waals surface area contributed by atoms with E-state index in [-0.39, 0.29) is 5.56 Å². The fourth-order valence-corrected chi connectivity index (χ4v) is 2.82. The van der Waals surface area contributed by atoms with E-state index in [9.17, 15) is 4.79 Å². The van der Waals surface area contributed by atoms with Crippen LogP contribution in [0.4, 0.5) is 5.69 Å². The molecule has 24 heavy (non-hydrogen) atoms. The highest BCUT2D eigenvalue weighted by atomic mass is 16.1. The molecule has 0 bridgehead atoms. The maximum absolute atomic E-state index is 12.4. The molecule has 0 saturated carbocycles. The number of pyridine rings is 1. The smallest absolute Gasteiger partial charge is 0.258 e. The van der Waals surface area contributed by atoms with E-state index in [1.165, 1.54) is 5.56 Å². The Labute approximate surface area is 142 Å². The summed E-state index contributed by atoms with van der Waals surface area (Å²) in [6, 6.07) is 14.3. The van der Waals surface area contributed by atoms with Crippen LogP contribution < -0.4 is 10.5 Å². The fourth-order valence-electron chi connectivity index (χ4n) is 2.82. The highest BCUT2D eigenvalue weighted by Gasteiger charge is 2.13. The zero-order valence-corrected chi connectivity index (χ0v) is 14.7. The number of nitrogens with zero attached hydrogens (tertiary/aromatic N) is 3. The first-order chi connectivity index (χ1) is 11.4. The second-order valence-electron chi connectivity index (χ2n) is 6.58. The molecular formula is C20H23N3O. The standard InChI is InChI=1S/C20H23N3O/c1-14(2)22(18-8-5-15(3)6-9-18)13-17-11-20(24)23-12-16(4)7-10-19(23)21-17/h5-12,14H,13H2,1-4H3. The Morgan fingerprint density at radius 2 is 1.71 bits per heavy atom. The van der Waals surface area contributed by atoms with Gasteiger partial charge in [0.2, 0.25) is 0 Å². The predicted molar refractivity (Wildman–Crippen MR) is 98.7 cm³/mol. The number of fused-ring (bicyclic) bond motifs is 1. The van der Waals surface area contributed by atoms with Gasteiger partial charge in [0.25, 0.3) is 5.56 Å². The first kappa shape index (κ1) is 16.2. The van der Waals surface area contributed by atoms with E-state index in [1.54, 1.807) is 10.5 Å². The number of benzene rings is 1. The third kappa shape index (κ3) is 3.32. The van der Waals surface area contributed by atoms with Gasteiger partial charge in [0.05, 0.1) is 12.2 Å². The van der Waals surface area contributed by atoms with Gasteiger partial charge in [-0.25, -0.2) is 4.98 Å². The van der Waals surface area contributed by atoms with Gasteiger partial charge in [0.1, 0.15) is 5.65 Å². The third-order valence-electron chi connectivity index (χ3n) is 4.18. The summed E-state index contributed by atoms with van der Waals surface area (Å²) in [5.41, 5.74) is 4.86. The number of hydrogen-bond acceptors (Lipinski definition) is 3. The molecule has 2 aromatic heterocycles. The molecule has 4 heteroatoms. The van der Waals surface area contributed by atoms with Crippen molar-refractivity contribution < 1.29 is 0 Å². The van der Waals surface area contributed by atoms with Crippen molar-refractivity contribution in [3.8, 4) is 0 Å². The van der Waals surface area contributed by atoms with Gasteiger partial charge in [-0.15, -0.1) is 0 Å². The zero-order valence-electron chi connectivity index (χ0n) is 14.7. The van der Waals surface area contributed by atoms with Gasteiger partial charge >= 0.3 is 0 Å². The van der Waals surface area contributed by atoms with Crippen LogP contribution in [0.3, 0.4) is 0 Å². The molecule has 1 aromatic carbocycles. The lowest BCUT2D eigenvalue weighted by Crippen LogP contribution is -2.31. The van der Waals surface area contributed by atoms with Crippen LogP contribution in [0.1, 0.15) is 30.7 Å². The summed E-state index contributed by atoms with van der Waals surface area (Å²) in [5.74, 6) is 0. The number of rotatable bonds is 4. The van der Waals surface area contributed by atoms with Crippen LogP contribution in [0.25, 0.3) is 5.65 Å². The van der Waals surface area contributed by atoms with Gasteiger partial charge in [-0.3, -0.25) is 9.20 Å². The van der Waals surface area contributed by atoms with E-state index in [0.29, 0.717) is 18.2 Å². The molecule has 0 spiro atoms. The molecule has 0 fully saturated rings. The van der Waals surface area contributed by atoms with Crippen molar-refractivity contribution in [3.63, 3.8) is 0 Å². The van der Waals surface area contributed by atoms with Crippen LogP contribution in [0.15, 0.2) is 53.5 Å². The van der Waals surface area contributed by atoms with Crippen molar-refractivity contribution in [1.82, 2.24) is 9.38 Å². The van der Waals surface area contributed by atoms with Crippen molar-refractivity contribution in [3.05, 3.63) is 75.8 Å². The van der Waals surface area contributed by atoms with E-state index in [1.807, 2.05) is 25.3 Å². The lowest BCUT2D eigenvalue weighted by Gasteiger charge is -2.29. The first-order valence-electron chi connectivity index (χ1n) is 8.26. The monoisotopic (exact) mass is 321 g/mol. The normalized spacial score (nSPS) is 11.2. The molecule has 3 aromatic rings. The summed E-state index contributed by atoms with van der Waals surface area (Å²) in [4.78, 5) is 19.3. The van der Waals surface area contributed by atoms with E-state index in [4.69, 9.17) is 0 Å². The van der Waals surface area contributed by atoms with Gasteiger partial charge in [-0.2, -0.15) is 0 Å². The molecule has 124 valence electrons. The lowest BCUT2D eigenvalue weighted by molar-refractivity contribution is 0.672. The maximum Gasteiger partial charge on any atom is 0.258 e. The van der Waals surface area contributed by atoms with Gasteiger partial charge in [0, 0.05) is 24.0 Å². The quantitative estimate of drug-likeness (QED) is 0.735. The van der Waals surface area contributed by atoms with Crippen LogP contribution in [0.2, 0.25) is 0 Å². The second-order valence-corrected chi connectivity index (χ2v) is 6.58. The zero-order chi connectivity index (χ0) is 17.3. The van der Waals surface area contributed by atoms with Crippen LogP contribution in [0.5, 0.6) is 0 Å². The van der Waals surface area contributed by atoms with Crippen molar-refractivity contribution in [2.45, 2.75) is 40.3 Å². The van der Waals surface area contributed by atoms with Crippen LogP contribution in [0, 0.1) is 13.8 Å². The summed E-state index contributed by atoms with van der Waals surface area (Å²) < 4.78 is 1.60. The SMILES string of the molecule is Cc1ccc(N(Cc2cc(=O)n3cc(C)ccc3n2)C(C)C)cc1. The van der Waals surface area contributed by atoms with Gasteiger partial charge in [-0.1, -0.05) is 23.8 Å².